The lowest BCUT2D eigenvalue weighted by Gasteiger charge is -2.18. The number of carbonyl (C=O) groups excluding carboxylic acids is 2. The zero-order valence-electron chi connectivity index (χ0n) is 13.4. The number of carbonyl (C=O) groups is 2. The highest BCUT2D eigenvalue weighted by atomic mass is 79.9. The summed E-state index contributed by atoms with van der Waals surface area (Å²) >= 11 is 3.38. The van der Waals surface area contributed by atoms with Gasteiger partial charge in [-0.25, -0.2) is 0 Å². The second-order valence-corrected chi connectivity index (χ2v) is 6.23. The van der Waals surface area contributed by atoms with Crippen LogP contribution in [0.4, 0.5) is 0 Å². The average molecular weight is 391 g/mol. The fourth-order valence-corrected chi connectivity index (χ4v) is 2.53. The van der Waals surface area contributed by atoms with E-state index in [4.69, 9.17) is 4.74 Å². The van der Waals surface area contributed by atoms with Crippen LogP contribution in [0.3, 0.4) is 0 Å². The molecular formula is C18H19BrN2O3. The molecule has 5 nitrogen and oxygen atoms in total. The topological polar surface area (TPSA) is 68.3 Å². The van der Waals surface area contributed by atoms with Crippen LogP contribution in [-0.2, 0) is 20.7 Å². The Morgan fingerprint density at radius 2 is 2.00 bits per heavy atom. The molecule has 2 rings (SSSR count). The standard InChI is InChI=1S/C18H19BrN2O3/c1-24-18(23)11-16(14-5-7-15(19)8-6-14)21-17(22)9-4-13-3-2-10-20-12-13/h2-3,5-8,10,12,16H,4,9,11H2,1H3,(H,21,22). The zero-order chi connectivity index (χ0) is 17.4. The Labute approximate surface area is 149 Å². The number of methoxy groups -OCH3 is 1. The Balaban J connectivity index is 2.00. The molecule has 0 spiro atoms. The van der Waals surface area contributed by atoms with Crippen molar-refractivity contribution in [3.8, 4) is 0 Å². The fourth-order valence-electron chi connectivity index (χ4n) is 2.27. The van der Waals surface area contributed by atoms with Crippen LogP contribution in [0.2, 0.25) is 0 Å². The third-order valence-electron chi connectivity index (χ3n) is 3.57. The van der Waals surface area contributed by atoms with Gasteiger partial charge < -0.3 is 10.1 Å². The number of halogens is 1. The number of hydrogen-bond acceptors (Lipinski definition) is 4. The largest absolute Gasteiger partial charge is 0.469 e. The molecule has 1 aromatic heterocycles. The molecule has 1 N–H and O–H groups in total. The van der Waals surface area contributed by atoms with E-state index in [1.54, 1.807) is 12.4 Å². The van der Waals surface area contributed by atoms with Crippen molar-refractivity contribution in [1.29, 1.82) is 0 Å². The van der Waals surface area contributed by atoms with Crippen LogP contribution in [0.1, 0.15) is 30.0 Å². The second kappa shape index (κ2) is 9.17. The van der Waals surface area contributed by atoms with E-state index in [9.17, 15) is 9.59 Å². The van der Waals surface area contributed by atoms with E-state index in [1.165, 1.54) is 7.11 Å². The molecule has 0 radical (unpaired) electrons. The van der Waals surface area contributed by atoms with E-state index < -0.39 is 6.04 Å². The van der Waals surface area contributed by atoms with Gasteiger partial charge in [0.05, 0.1) is 19.6 Å². The molecule has 0 aliphatic carbocycles. The second-order valence-electron chi connectivity index (χ2n) is 5.31. The van der Waals surface area contributed by atoms with Crippen molar-refractivity contribution >= 4 is 27.8 Å². The van der Waals surface area contributed by atoms with Gasteiger partial charge in [-0.15, -0.1) is 0 Å². The van der Waals surface area contributed by atoms with Crippen molar-refractivity contribution < 1.29 is 14.3 Å². The first kappa shape index (κ1) is 18.1. The quantitative estimate of drug-likeness (QED) is 0.737. The number of rotatable bonds is 7. The minimum Gasteiger partial charge on any atom is -0.469 e. The van der Waals surface area contributed by atoms with Gasteiger partial charge in [0.15, 0.2) is 0 Å². The van der Waals surface area contributed by atoms with Crippen LogP contribution in [-0.4, -0.2) is 24.0 Å². The van der Waals surface area contributed by atoms with Crippen molar-refractivity contribution in [2.75, 3.05) is 7.11 Å². The summed E-state index contributed by atoms with van der Waals surface area (Å²) in [4.78, 5) is 27.9. The van der Waals surface area contributed by atoms with E-state index in [0.717, 1.165) is 15.6 Å². The molecule has 1 atom stereocenters. The smallest absolute Gasteiger partial charge is 0.307 e. The molecule has 24 heavy (non-hydrogen) atoms. The molecule has 0 saturated carbocycles. The summed E-state index contributed by atoms with van der Waals surface area (Å²) in [6.45, 7) is 0. The van der Waals surface area contributed by atoms with Crippen LogP contribution in [0, 0.1) is 0 Å². The number of benzene rings is 1. The van der Waals surface area contributed by atoms with Gasteiger partial charge in [-0.2, -0.15) is 0 Å². The minimum absolute atomic E-state index is 0.0940. The van der Waals surface area contributed by atoms with Crippen LogP contribution in [0.5, 0.6) is 0 Å². The highest BCUT2D eigenvalue weighted by Crippen LogP contribution is 2.20. The summed E-state index contributed by atoms with van der Waals surface area (Å²) in [5, 5.41) is 2.91. The third-order valence-corrected chi connectivity index (χ3v) is 4.10. The Hall–Kier alpha value is -2.21. The molecule has 0 aliphatic rings. The summed E-state index contributed by atoms with van der Waals surface area (Å²) in [7, 11) is 1.34. The predicted molar refractivity (Wildman–Crippen MR) is 94.2 cm³/mol. The molecule has 0 aliphatic heterocycles. The van der Waals surface area contributed by atoms with E-state index in [0.29, 0.717) is 12.8 Å². The van der Waals surface area contributed by atoms with Gasteiger partial charge in [0, 0.05) is 23.3 Å². The monoisotopic (exact) mass is 390 g/mol. The summed E-state index contributed by atoms with van der Waals surface area (Å²) in [5.74, 6) is -0.480. The van der Waals surface area contributed by atoms with Crippen LogP contribution >= 0.6 is 15.9 Å². The Morgan fingerprint density at radius 3 is 2.62 bits per heavy atom. The summed E-state index contributed by atoms with van der Waals surface area (Å²) in [5.41, 5.74) is 1.86. The van der Waals surface area contributed by atoms with Crippen molar-refractivity contribution in [2.45, 2.75) is 25.3 Å². The molecule has 0 saturated heterocycles. The van der Waals surface area contributed by atoms with Crippen molar-refractivity contribution in [1.82, 2.24) is 10.3 Å². The van der Waals surface area contributed by atoms with Crippen LogP contribution < -0.4 is 5.32 Å². The third kappa shape index (κ3) is 5.77. The number of nitrogens with one attached hydrogen (secondary N) is 1. The average Bonchev–Trinajstić information content (AvgIpc) is 2.61. The summed E-state index contributed by atoms with van der Waals surface area (Å²) < 4.78 is 5.67. The zero-order valence-corrected chi connectivity index (χ0v) is 15.0. The lowest BCUT2D eigenvalue weighted by molar-refractivity contribution is -0.141. The highest BCUT2D eigenvalue weighted by molar-refractivity contribution is 9.10. The van der Waals surface area contributed by atoms with E-state index in [2.05, 4.69) is 26.2 Å². The van der Waals surface area contributed by atoms with E-state index >= 15 is 0 Å². The molecule has 6 heteroatoms. The van der Waals surface area contributed by atoms with Crippen LogP contribution in [0.15, 0.2) is 53.3 Å². The number of amides is 1. The lowest BCUT2D eigenvalue weighted by atomic mass is 10.0. The maximum absolute atomic E-state index is 12.2. The van der Waals surface area contributed by atoms with Crippen molar-refractivity contribution in [3.05, 3.63) is 64.4 Å². The Morgan fingerprint density at radius 1 is 1.25 bits per heavy atom. The molecule has 0 fully saturated rings. The van der Waals surface area contributed by atoms with Gasteiger partial charge in [-0.1, -0.05) is 34.1 Å². The Kier molecular flexibility index (Phi) is 6.93. The summed E-state index contributed by atoms with van der Waals surface area (Å²) in [6, 6.07) is 10.9. The maximum Gasteiger partial charge on any atom is 0.307 e. The van der Waals surface area contributed by atoms with Crippen molar-refractivity contribution in [3.63, 3.8) is 0 Å². The van der Waals surface area contributed by atoms with E-state index in [1.807, 2.05) is 36.4 Å². The first-order valence-electron chi connectivity index (χ1n) is 7.59. The first-order valence-corrected chi connectivity index (χ1v) is 8.38. The normalized spacial score (nSPS) is 11.6. The summed E-state index contributed by atoms with van der Waals surface area (Å²) in [6.07, 6.45) is 4.47. The number of esters is 1. The molecule has 0 bridgehead atoms. The minimum atomic E-state index is -0.410. The van der Waals surface area contributed by atoms with Crippen molar-refractivity contribution in [2.24, 2.45) is 0 Å². The van der Waals surface area contributed by atoms with Gasteiger partial charge in [0.25, 0.3) is 0 Å². The number of aryl methyl sites for hydroxylation is 1. The molecular weight excluding hydrogens is 372 g/mol. The fraction of sp³-hybridized carbons (Fsp3) is 0.278. The van der Waals surface area contributed by atoms with Gasteiger partial charge >= 0.3 is 5.97 Å². The van der Waals surface area contributed by atoms with Crippen LogP contribution in [0.25, 0.3) is 0 Å². The molecule has 126 valence electrons. The van der Waals surface area contributed by atoms with Gasteiger partial charge in [-0.05, 0) is 35.7 Å². The Bertz CT molecular complexity index is 674. The molecule has 1 aromatic carbocycles. The molecule has 1 heterocycles. The molecule has 1 unspecified atom stereocenters. The number of ether oxygens (including phenoxy) is 1. The molecule has 1 amide bonds. The lowest BCUT2D eigenvalue weighted by Crippen LogP contribution is -2.30. The van der Waals surface area contributed by atoms with Gasteiger partial charge in [-0.3, -0.25) is 14.6 Å². The molecule has 2 aromatic rings. The number of hydrogen-bond donors (Lipinski definition) is 1. The van der Waals surface area contributed by atoms with Gasteiger partial charge in [0.1, 0.15) is 0 Å². The SMILES string of the molecule is COC(=O)CC(NC(=O)CCc1cccnc1)c1ccc(Br)cc1. The number of nitrogens with zero attached hydrogens (tertiary/aromatic N) is 1. The predicted octanol–water partition coefficient (Wildman–Crippen LogP) is 3.20. The highest BCUT2D eigenvalue weighted by Gasteiger charge is 2.18. The van der Waals surface area contributed by atoms with E-state index in [-0.39, 0.29) is 18.3 Å². The maximum atomic E-state index is 12.2. The first-order chi connectivity index (χ1) is 11.6. The number of pyridine rings is 1. The van der Waals surface area contributed by atoms with Gasteiger partial charge in [0.2, 0.25) is 5.91 Å². The number of aromatic nitrogens is 1.